The largest absolute Gasteiger partial charge is 0.462 e. The minimum atomic E-state index is -0.762. The fourth-order valence-electron chi connectivity index (χ4n) is 9.55. The molecule has 0 heterocycles. The van der Waals surface area contributed by atoms with Crippen molar-refractivity contribution in [1.82, 2.24) is 0 Å². The van der Waals surface area contributed by atoms with Crippen molar-refractivity contribution >= 4 is 17.9 Å². The molecule has 0 aliphatic rings. The third kappa shape index (κ3) is 53.8. The molecule has 0 bridgehead atoms. The first-order chi connectivity index (χ1) is 33.3. The fraction of sp³-hybridized carbons (Fsp3) is 0.952. The molecule has 0 aliphatic heterocycles. The van der Waals surface area contributed by atoms with E-state index < -0.39 is 6.10 Å². The van der Waals surface area contributed by atoms with E-state index >= 15 is 0 Å². The van der Waals surface area contributed by atoms with E-state index in [0.29, 0.717) is 19.3 Å². The van der Waals surface area contributed by atoms with Gasteiger partial charge in [-0.05, 0) is 31.1 Å². The molecule has 2 atom stereocenters. The molecule has 0 saturated heterocycles. The lowest BCUT2D eigenvalue weighted by Crippen LogP contribution is -2.30. The average Bonchev–Trinajstić information content (AvgIpc) is 3.32. The lowest BCUT2D eigenvalue weighted by atomic mass is 9.99. The molecule has 6 nitrogen and oxygen atoms in total. The molecule has 0 aromatic heterocycles. The van der Waals surface area contributed by atoms with Crippen LogP contribution >= 0.6 is 0 Å². The van der Waals surface area contributed by atoms with E-state index in [9.17, 15) is 14.4 Å². The number of carbonyl (C=O) groups excluding carboxylic acids is 3. The van der Waals surface area contributed by atoms with Crippen LogP contribution < -0.4 is 0 Å². The Morgan fingerprint density at radius 3 is 0.838 bits per heavy atom. The van der Waals surface area contributed by atoms with Gasteiger partial charge < -0.3 is 14.2 Å². The number of carbonyl (C=O) groups is 3. The average molecular weight is 962 g/mol. The Hall–Kier alpha value is -1.59. The van der Waals surface area contributed by atoms with Crippen LogP contribution in [0.25, 0.3) is 0 Å². The van der Waals surface area contributed by atoms with Crippen molar-refractivity contribution in [3.63, 3.8) is 0 Å². The molecule has 1 unspecified atom stereocenters. The number of rotatable bonds is 56. The summed E-state index contributed by atoms with van der Waals surface area (Å²) in [5, 5.41) is 0. The van der Waals surface area contributed by atoms with Gasteiger partial charge in [-0.15, -0.1) is 0 Å². The molecule has 0 spiro atoms. The third-order valence-corrected chi connectivity index (χ3v) is 14.6. The SMILES string of the molecule is CCCCCCCCCCCCCC(=O)O[C@H](COC(=O)CCCCCCCCCCCCCCCCCCCCC(C)CC)COC(=O)CCCCCCCCCCCCCCCCC(C)C. The molecule has 68 heavy (non-hydrogen) atoms. The van der Waals surface area contributed by atoms with Gasteiger partial charge >= 0.3 is 17.9 Å². The summed E-state index contributed by atoms with van der Waals surface area (Å²) in [6, 6.07) is 0. The van der Waals surface area contributed by atoms with Crippen LogP contribution in [0.3, 0.4) is 0 Å². The van der Waals surface area contributed by atoms with Gasteiger partial charge in [-0.25, -0.2) is 0 Å². The van der Waals surface area contributed by atoms with E-state index in [0.717, 1.165) is 69.6 Å². The number of unbranched alkanes of at least 4 members (excludes halogenated alkanes) is 40. The fourth-order valence-corrected chi connectivity index (χ4v) is 9.55. The van der Waals surface area contributed by atoms with Gasteiger partial charge in [0.25, 0.3) is 0 Å². The Morgan fingerprint density at radius 1 is 0.309 bits per heavy atom. The van der Waals surface area contributed by atoms with Gasteiger partial charge in [-0.1, -0.05) is 311 Å². The molecular weight excluding hydrogens is 841 g/mol. The molecule has 0 aliphatic carbocycles. The van der Waals surface area contributed by atoms with Crippen LogP contribution in [0.2, 0.25) is 0 Å². The maximum absolute atomic E-state index is 12.8. The Balaban J connectivity index is 4.19. The summed E-state index contributed by atoms with van der Waals surface area (Å²) in [5.74, 6) is 0.919. The highest BCUT2D eigenvalue weighted by Gasteiger charge is 2.19. The molecular formula is C62H120O6. The van der Waals surface area contributed by atoms with Gasteiger partial charge in [0.05, 0.1) is 0 Å². The van der Waals surface area contributed by atoms with Crippen LogP contribution in [-0.4, -0.2) is 37.2 Å². The van der Waals surface area contributed by atoms with Gasteiger partial charge in [0.15, 0.2) is 6.10 Å². The summed E-state index contributed by atoms with van der Waals surface area (Å²) >= 11 is 0. The molecule has 6 heteroatoms. The summed E-state index contributed by atoms with van der Waals surface area (Å²) < 4.78 is 16.9. The van der Waals surface area contributed by atoms with E-state index in [-0.39, 0.29) is 31.1 Å². The second kappa shape index (κ2) is 54.7. The third-order valence-electron chi connectivity index (χ3n) is 14.6. The quantitative estimate of drug-likeness (QED) is 0.0343. The van der Waals surface area contributed by atoms with Crippen molar-refractivity contribution in [2.24, 2.45) is 11.8 Å². The topological polar surface area (TPSA) is 78.9 Å². The molecule has 0 saturated carbocycles. The molecule has 0 rings (SSSR count). The van der Waals surface area contributed by atoms with Gasteiger partial charge in [0.1, 0.15) is 13.2 Å². The zero-order valence-corrected chi connectivity index (χ0v) is 46.7. The lowest BCUT2D eigenvalue weighted by Gasteiger charge is -2.18. The molecule has 0 aromatic rings. The number of hydrogen-bond acceptors (Lipinski definition) is 6. The van der Waals surface area contributed by atoms with Crippen molar-refractivity contribution in [2.75, 3.05) is 13.2 Å². The molecule has 0 amide bonds. The van der Waals surface area contributed by atoms with Crippen LogP contribution in [0, 0.1) is 11.8 Å². The van der Waals surface area contributed by atoms with E-state index in [1.165, 1.54) is 238 Å². The maximum Gasteiger partial charge on any atom is 0.306 e. The van der Waals surface area contributed by atoms with Crippen molar-refractivity contribution < 1.29 is 28.6 Å². The minimum absolute atomic E-state index is 0.0622. The zero-order chi connectivity index (χ0) is 49.6. The Labute approximate surface area is 425 Å². The monoisotopic (exact) mass is 961 g/mol. The Morgan fingerprint density at radius 2 is 0.559 bits per heavy atom. The van der Waals surface area contributed by atoms with Crippen molar-refractivity contribution in [3.8, 4) is 0 Å². The van der Waals surface area contributed by atoms with E-state index in [1.54, 1.807) is 0 Å². The van der Waals surface area contributed by atoms with E-state index in [2.05, 4.69) is 34.6 Å². The molecule has 0 fully saturated rings. The number of hydrogen-bond donors (Lipinski definition) is 0. The van der Waals surface area contributed by atoms with Gasteiger partial charge in [-0.2, -0.15) is 0 Å². The first-order valence-electron chi connectivity index (χ1n) is 30.8. The van der Waals surface area contributed by atoms with Crippen molar-refractivity contribution in [1.29, 1.82) is 0 Å². The summed E-state index contributed by atoms with van der Waals surface area (Å²) in [6.45, 7) is 11.5. The molecule has 0 N–H and O–H groups in total. The summed E-state index contributed by atoms with van der Waals surface area (Å²) in [5.41, 5.74) is 0. The smallest absolute Gasteiger partial charge is 0.306 e. The molecule has 0 aromatic carbocycles. The van der Waals surface area contributed by atoms with Crippen molar-refractivity contribution in [3.05, 3.63) is 0 Å². The van der Waals surface area contributed by atoms with Crippen LogP contribution in [0.15, 0.2) is 0 Å². The first-order valence-corrected chi connectivity index (χ1v) is 30.8. The molecule has 404 valence electrons. The Kier molecular flexibility index (Phi) is 53.5. The maximum atomic E-state index is 12.8. The van der Waals surface area contributed by atoms with Gasteiger partial charge in [0.2, 0.25) is 0 Å². The number of ether oxygens (including phenoxy) is 3. The zero-order valence-electron chi connectivity index (χ0n) is 46.7. The van der Waals surface area contributed by atoms with Crippen LogP contribution in [0.5, 0.6) is 0 Å². The standard InChI is InChI=1S/C62H120O6/c1-6-8-9-10-11-12-25-34-39-44-49-54-62(65)68-59(56-67-61(64)53-48-43-38-33-29-24-20-19-21-26-30-35-40-45-50-57(3)4)55-66-60(63)52-47-42-37-32-28-23-18-16-14-13-15-17-22-27-31-36-41-46-51-58(5)7-2/h57-59H,6-56H2,1-5H3/t58?,59-/m1/s1. The van der Waals surface area contributed by atoms with Gasteiger partial charge in [0, 0.05) is 19.3 Å². The van der Waals surface area contributed by atoms with Gasteiger partial charge in [-0.3, -0.25) is 14.4 Å². The molecule has 0 radical (unpaired) electrons. The number of esters is 3. The summed E-state index contributed by atoms with van der Waals surface area (Å²) in [7, 11) is 0. The highest BCUT2D eigenvalue weighted by molar-refractivity contribution is 5.71. The second-order valence-corrected chi connectivity index (χ2v) is 22.1. The van der Waals surface area contributed by atoms with Crippen LogP contribution in [0.4, 0.5) is 0 Å². The minimum Gasteiger partial charge on any atom is -0.462 e. The highest BCUT2D eigenvalue weighted by Crippen LogP contribution is 2.19. The van der Waals surface area contributed by atoms with E-state index in [4.69, 9.17) is 14.2 Å². The highest BCUT2D eigenvalue weighted by atomic mass is 16.6. The van der Waals surface area contributed by atoms with E-state index in [1.807, 2.05) is 0 Å². The normalized spacial score (nSPS) is 12.4. The lowest BCUT2D eigenvalue weighted by molar-refractivity contribution is -0.167. The second-order valence-electron chi connectivity index (χ2n) is 22.1. The van der Waals surface area contributed by atoms with Crippen molar-refractivity contribution in [2.45, 2.75) is 355 Å². The first kappa shape index (κ1) is 66.4. The van der Waals surface area contributed by atoms with Crippen LogP contribution in [0.1, 0.15) is 349 Å². The Bertz CT molecular complexity index is 1040. The summed E-state index contributed by atoms with van der Waals surface area (Å²) in [4.78, 5) is 38.2. The predicted molar refractivity (Wildman–Crippen MR) is 293 cm³/mol. The van der Waals surface area contributed by atoms with Crippen LogP contribution in [-0.2, 0) is 28.6 Å². The summed E-state index contributed by atoms with van der Waals surface area (Å²) in [6.07, 6.45) is 59.5. The predicted octanol–water partition coefficient (Wildman–Crippen LogP) is 20.4.